The predicted molar refractivity (Wildman–Crippen MR) is 72.8 cm³/mol. The smallest absolute Gasteiger partial charge is 0.191 e. The Morgan fingerprint density at radius 2 is 2.21 bits per heavy atom. The minimum Gasteiger partial charge on any atom is -0.505 e. The van der Waals surface area contributed by atoms with Crippen LogP contribution in [0, 0.1) is 5.82 Å². The second kappa shape index (κ2) is 8.31. The average Bonchev–Trinajstić information content (AvgIpc) is 2.40. The molecular weight excluding hydrogens is 249 g/mol. The first-order chi connectivity index (χ1) is 9.17. The van der Waals surface area contributed by atoms with Crippen LogP contribution in [0.5, 0.6) is 5.75 Å². The largest absolute Gasteiger partial charge is 0.505 e. The average molecular weight is 269 g/mol. The van der Waals surface area contributed by atoms with Gasteiger partial charge in [-0.05, 0) is 24.6 Å². The maximum Gasteiger partial charge on any atom is 0.191 e. The van der Waals surface area contributed by atoms with E-state index in [1.165, 1.54) is 12.1 Å². The van der Waals surface area contributed by atoms with E-state index < -0.39 is 5.82 Å². The predicted octanol–water partition coefficient (Wildman–Crippen LogP) is 1.23. The zero-order chi connectivity index (χ0) is 14.1. The molecule has 3 N–H and O–H groups in total. The lowest BCUT2D eigenvalue weighted by atomic mass is 10.2. The van der Waals surface area contributed by atoms with Crippen LogP contribution < -0.4 is 10.6 Å². The second-order valence-electron chi connectivity index (χ2n) is 3.90. The Labute approximate surface area is 112 Å². The standard InChI is InChI=1S/C13H20FN3O2/c1-3-15-13(16-6-7-19-2)17-9-10-4-5-12(18)11(14)8-10/h4-5,8,18H,3,6-7,9H2,1-2H3,(H2,15,16,17). The maximum atomic E-state index is 13.2. The van der Waals surface area contributed by atoms with Crippen LogP contribution in [0.4, 0.5) is 4.39 Å². The molecular formula is C13H20FN3O2. The van der Waals surface area contributed by atoms with Crippen LogP contribution in [-0.4, -0.2) is 37.9 Å². The zero-order valence-electron chi connectivity index (χ0n) is 11.2. The van der Waals surface area contributed by atoms with Gasteiger partial charge in [0.05, 0.1) is 13.2 Å². The Morgan fingerprint density at radius 3 is 2.84 bits per heavy atom. The third-order valence-electron chi connectivity index (χ3n) is 2.37. The topological polar surface area (TPSA) is 65.9 Å². The summed E-state index contributed by atoms with van der Waals surface area (Å²) < 4.78 is 18.1. The molecule has 0 aliphatic carbocycles. The van der Waals surface area contributed by atoms with Crippen LogP contribution in [0.15, 0.2) is 23.2 Å². The van der Waals surface area contributed by atoms with Gasteiger partial charge in [0.15, 0.2) is 17.5 Å². The van der Waals surface area contributed by atoms with Gasteiger partial charge in [-0.15, -0.1) is 0 Å². The molecule has 0 saturated carbocycles. The van der Waals surface area contributed by atoms with Gasteiger partial charge in [-0.2, -0.15) is 0 Å². The number of guanidine groups is 1. The minimum atomic E-state index is -0.634. The Balaban J connectivity index is 2.60. The summed E-state index contributed by atoms with van der Waals surface area (Å²) in [6.07, 6.45) is 0. The third kappa shape index (κ3) is 5.56. The molecule has 106 valence electrons. The molecule has 0 amide bonds. The third-order valence-corrected chi connectivity index (χ3v) is 2.37. The van der Waals surface area contributed by atoms with Gasteiger partial charge >= 0.3 is 0 Å². The van der Waals surface area contributed by atoms with E-state index in [4.69, 9.17) is 9.84 Å². The summed E-state index contributed by atoms with van der Waals surface area (Å²) in [5, 5.41) is 15.3. The molecule has 0 fully saturated rings. The van der Waals surface area contributed by atoms with Gasteiger partial charge in [-0.1, -0.05) is 6.07 Å². The van der Waals surface area contributed by atoms with E-state index in [1.807, 2.05) is 6.92 Å². The lowest BCUT2D eigenvalue weighted by molar-refractivity contribution is 0.203. The van der Waals surface area contributed by atoms with Crippen molar-refractivity contribution < 1.29 is 14.2 Å². The van der Waals surface area contributed by atoms with Crippen molar-refractivity contribution in [3.63, 3.8) is 0 Å². The van der Waals surface area contributed by atoms with Crippen molar-refractivity contribution >= 4 is 5.96 Å². The van der Waals surface area contributed by atoms with Gasteiger partial charge in [0.1, 0.15) is 0 Å². The van der Waals surface area contributed by atoms with Crippen LogP contribution in [0.3, 0.4) is 0 Å². The van der Waals surface area contributed by atoms with E-state index in [2.05, 4.69) is 15.6 Å². The van der Waals surface area contributed by atoms with Crippen molar-refractivity contribution in [2.24, 2.45) is 4.99 Å². The molecule has 0 heterocycles. The van der Waals surface area contributed by atoms with E-state index in [1.54, 1.807) is 13.2 Å². The number of rotatable bonds is 6. The van der Waals surface area contributed by atoms with Crippen molar-refractivity contribution in [3.8, 4) is 5.75 Å². The fraction of sp³-hybridized carbons (Fsp3) is 0.462. The summed E-state index contributed by atoms with van der Waals surface area (Å²) in [6.45, 7) is 4.26. The number of ether oxygens (including phenoxy) is 1. The number of nitrogens with one attached hydrogen (secondary N) is 2. The number of hydrogen-bond acceptors (Lipinski definition) is 3. The molecule has 0 aliphatic heterocycles. The molecule has 0 aromatic heterocycles. The number of phenols is 1. The monoisotopic (exact) mass is 269 g/mol. The lowest BCUT2D eigenvalue weighted by Gasteiger charge is -2.10. The number of benzene rings is 1. The van der Waals surface area contributed by atoms with E-state index in [-0.39, 0.29) is 5.75 Å². The summed E-state index contributed by atoms with van der Waals surface area (Å²) in [5.74, 6) is -0.337. The first-order valence-corrected chi connectivity index (χ1v) is 6.16. The molecule has 19 heavy (non-hydrogen) atoms. The summed E-state index contributed by atoms with van der Waals surface area (Å²) in [5.41, 5.74) is 0.694. The molecule has 6 heteroatoms. The normalized spacial score (nSPS) is 11.4. The Hall–Kier alpha value is -1.82. The number of phenolic OH excluding ortho intramolecular Hbond substituents is 1. The molecule has 0 saturated heterocycles. The van der Waals surface area contributed by atoms with Crippen molar-refractivity contribution in [2.75, 3.05) is 26.8 Å². The number of methoxy groups -OCH3 is 1. The quantitative estimate of drug-likeness (QED) is 0.413. The number of halogens is 1. The molecule has 1 aromatic carbocycles. The van der Waals surface area contributed by atoms with Crippen LogP contribution in [0.25, 0.3) is 0 Å². The molecule has 0 spiro atoms. The van der Waals surface area contributed by atoms with Crippen molar-refractivity contribution in [2.45, 2.75) is 13.5 Å². The Bertz CT molecular complexity index is 424. The molecule has 0 radical (unpaired) electrons. The van der Waals surface area contributed by atoms with Gasteiger partial charge in [0.2, 0.25) is 0 Å². The highest BCUT2D eigenvalue weighted by molar-refractivity contribution is 5.79. The Morgan fingerprint density at radius 1 is 1.42 bits per heavy atom. The van der Waals surface area contributed by atoms with E-state index >= 15 is 0 Å². The molecule has 5 nitrogen and oxygen atoms in total. The number of aromatic hydroxyl groups is 1. The molecule has 0 bridgehead atoms. The zero-order valence-corrected chi connectivity index (χ0v) is 11.2. The maximum absolute atomic E-state index is 13.2. The molecule has 1 rings (SSSR count). The van der Waals surface area contributed by atoms with Crippen LogP contribution in [-0.2, 0) is 11.3 Å². The highest BCUT2D eigenvalue weighted by Gasteiger charge is 2.02. The van der Waals surface area contributed by atoms with Crippen molar-refractivity contribution in [1.82, 2.24) is 10.6 Å². The first kappa shape index (κ1) is 15.2. The van der Waals surface area contributed by atoms with E-state index in [9.17, 15) is 4.39 Å². The van der Waals surface area contributed by atoms with Crippen LogP contribution >= 0.6 is 0 Å². The highest BCUT2D eigenvalue weighted by atomic mass is 19.1. The molecule has 1 aromatic rings. The number of aliphatic imine (C=N–C) groups is 1. The number of nitrogens with zero attached hydrogens (tertiary/aromatic N) is 1. The summed E-state index contributed by atoms with van der Waals surface area (Å²) in [7, 11) is 1.63. The number of hydrogen-bond donors (Lipinski definition) is 3. The second-order valence-corrected chi connectivity index (χ2v) is 3.90. The SMILES string of the molecule is CCNC(=NCc1ccc(O)c(F)c1)NCCOC. The van der Waals surface area contributed by atoms with Crippen LogP contribution in [0.1, 0.15) is 12.5 Å². The van der Waals surface area contributed by atoms with Gasteiger partial charge < -0.3 is 20.5 Å². The van der Waals surface area contributed by atoms with Crippen LogP contribution in [0.2, 0.25) is 0 Å². The summed E-state index contributed by atoms with van der Waals surface area (Å²) in [6, 6.07) is 4.24. The first-order valence-electron chi connectivity index (χ1n) is 6.16. The summed E-state index contributed by atoms with van der Waals surface area (Å²) in [4.78, 5) is 4.32. The van der Waals surface area contributed by atoms with Gasteiger partial charge in [0.25, 0.3) is 0 Å². The molecule has 0 atom stereocenters. The van der Waals surface area contributed by atoms with Gasteiger partial charge in [-0.3, -0.25) is 0 Å². The fourth-order valence-corrected chi connectivity index (χ4v) is 1.43. The Kier molecular flexibility index (Phi) is 6.67. The highest BCUT2D eigenvalue weighted by Crippen LogP contribution is 2.16. The fourth-order valence-electron chi connectivity index (χ4n) is 1.43. The van der Waals surface area contributed by atoms with Crippen molar-refractivity contribution in [3.05, 3.63) is 29.6 Å². The summed E-state index contributed by atoms with van der Waals surface area (Å²) >= 11 is 0. The van der Waals surface area contributed by atoms with Crippen molar-refractivity contribution in [1.29, 1.82) is 0 Å². The van der Waals surface area contributed by atoms with Gasteiger partial charge in [0, 0.05) is 20.2 Å². The van der Waals surface area contributed by atoms with E-state index in [0.717, 1.165) is 6.54 Å². The molecule has 0 aliphatic rings. The lowest BCUT2D eigenvalue weighted by Crippen LogP contribution is -2.38. The minimum absolute atomic E-state index is 0.333. The molecule has 0 unspecified atom stereocenters. The van der Waals surface area contributed by atoms with E-state index in [0.29, 0.717) is 31.2 Å². The van der Waals surface area contributed by atoms with Gasteiger partial charge in [-0.25, -0.2) is 9.38 Å².